The van der Waals surface area contributed by atoms with Crippen molar-refractivity contribution >= 4 is 0 Å². The molecule has 0 aliphatic heterocycles. The van der Waals surface area contributed by atoms with Crippen LogP contribution >= 0.6 is 0 Å². The molecule has 0 aliphatic rings. The third-order valence-corrected chi connectivity index (χ3v) is 2.58. The number of methoxy groups -OCH3 is 1. The summed E-state index contributed by atoms with van der Waals surface area (Å²) in [6.45, 7) is 3.22. The van der Waals surface area contributed by atoms with Gasteiger partial charge in [-0.3, -0.25) is 0 Å². The Hall–Kier alpha value is -1.06. The van der Waals surface area contributed by atoms with Crippen LogP contribution < -0.4 is 5.73 Å². The first-order valence-electron chi connectivity index (χ1n) is 5.19. The lowest BCUT2D eigenvalue weighted by Crippen LogP contribution is -2.04. The highest BCUT2D eigenvalue weighted by atomic mass is 16.5. The van der Waals surface area contributed by atoms with Crippen LogP contribution in [0.2, 0.25) is 0 Å². The van der Waals surface area contributed by atoms with Gasteiger partial charge < -0.3 is 15.6 Å². The van der Waals surface area contributed by atoms with Crippen molar-refractivity contribution in [3.63, 3.8) is 0 Å². The standard InChI is InChI=1S/C12H19NO2/c1-9(5-6-13)10-3-4-11(8-15-2)12(14)7-10/h3-4,7,9,14H,5-6,8,13H2,1-2H3. The average Bonchev–Trinajstić information content (AvgIpc) is 2.21. The number of hydrogen-bond donors (Lipinski definition) is 2. The molecule has 1 aromatic carbocycles. The Bertz CT molecular complexity index is 312. The Kier molecular flexibility index (Phi) is 4.59. The average molecular weight is 209 g/mol. The van der Waals surface area contributed by atoms with Gasteiger partial charge in [0.2, 0.25) is 0 Å². The lowest BCUT2D eigenvalue weighted by atomic mass is 9.96. The molecule has 0 aromatic heterocycles. The summed E-state index contributed by atoms with van der Waals surface area (Å²) in [5.74, 6) is 0.690. The predicted octanol–water partition coefficient (Wildman–Crippen LogP) is 1.99. The number of ether oxygens (including phenoxy) is 1. The number of rotatable bonds is 5. The molecule has 0 fully saturated rings. The maximum absolute atomic E-state index is 9.73. The second-order valence-electron chi connectivity index (χ2n) is 3.80. The zero-order valence-corrected chi connectivity index (χ0v) is 9.36. The quantitative estimate of drug-likeness (QED) is 0.779. The summed E-state index contributed by atoms with van der Waals surface area (Å²) in [5, 5.41) is 9.73. The van der Waals surface area contributed by atoms with E-state index in [0.717, 1.165) is 17.5 Å². The van der Waals surface area contributed by atoms with Gasteiger partial charge in [-0.25, -0.2) is 0 Å². The Morgan fingerprint density at radius 2 is 2.20 bits per heavy atom. The summed E-state index contributed by atoms with van der Waals surface area (Å²) in [7, 11) is 1.62. The number of phenols is 1. The van der Waals surface area contributed by atoms with Crippen molar-refractivity contribution in [2.24, 2.45) is 5.73 Å². The zero-order chi connectivity index (χ0) is 11.3. The van der Waals surface area contributed by atoms with Gasteiger partial charge in [-0.2, -0.15) is 0 Å². The van der Waals surface area contributed by atoms with Crippen molar-refractivity contribution < 1.29 is 9.84 Å². The first-order valence-corrected chi connectivity index (χ1v) is 5.19. The molecule has 0 bridgehead atoms. The summed E-state index contributed by atoms with van der Waals surface area (Å²) in [6.07, 6.45) is 0.934. The number of hydrogen-bond acceptors (Lipinski definition) is 3. The van der Waals surface area contributed by atoms with Crippen LogP contribution in [0.1, 0.15) is 30.4 Å². The van der Waals surface area contributed by atoms with Crippen molar-refractivity contribution in [2.75, 3.05) is 13.7 Å². The lowest BCUT2D eigenvalue weighted by molar-refractivity contribution is 0.182. The van der Waals surface area contributed by atoms with E-state index in [0.29, 0.717) is 24.8 Å². The van der Waals surface area contributed by atoms with Crippen molar-refractivity contribution in [1.82, 2.24) is 0 Å². The van der Waals surface area contributed by atoms with Crippen LogP contribution in [-0.2, 0) is 11.3 Å². The van der Waals surface area contributed by atoms with Crippen molar-refractivity contribution in [2.45, 2.75) is 25.9 Å². The minimum Gasteiger partial charge on any atom is -0.508 e. The van der Waals surface area contributed by atoms with Crippen LogP contribution in [0.3, 0.4) is 0 Å². The molecule has 0 spiro atoms. The molecular weight excluding hydrogens is 190 g/mol. The van der Waals surface area contributed by atoms with Crippen molar-refractivity contribution in [1.29, 1.82) is 0 Å². The predicted molar refractivity (Wildman–Crippen MR) is 60.9 cm³/mol. The number of phenolic OH excluding ortho intramolecular Hbond substituents is 1. The molecule has 84 valence electrons. The highest BCUT2D eigenvalue weighted by molar-refractivity contribution is 5.37. The second-order valence-corrected chi connectivity index (χ2v) is 3.80. The van der Waals surface area contributed by atoms with Gasteiger partial charge in [0, 0.05) is 12.7 Å². The fraction of sp³-hybridized carbons (Fsp3) is 0.500. The van der Waals surface area contributed by atoms with Gasteiger partial charge in [-0.1, -0.05) is 19.1 Å². The van der Waals surface area contributed by atoms with Crippen LogP contribution in [0.4, 0.5) is 0 Å². The van der Waals surface area contributed by atoms with Crippen LogP contribution in [0.15, 0.2) is 18.2 Å². The molecule has 0 saturated carbocycles. The summed E-state index contributed by atoms with van der Waals surface area (Å²) in [6, 6.07) is 5.73. The highest BCUT2D eigenvalue weighted by Gasteiger charge is 2.07. The fourth-order valence-corrected chi connectivity index (χ4v) is 1.58. The normalized spacial score (nSPS) is 12.7. The molecule has 0 amide bonds. The largest absolute Gasteiger partial charge is 0.508 e. The van der Waals surface area contributed by atoms with Crippen LogP contribution in [0.5, 0.6) is 5.75 Å². The van der Waals surface area contributed by atoms with Crippen LogP contribution in [-0.4, -0.2) is 18.8 Å². The van der Waals surface area contributed by atoms with Gasteiger partial charge in [-0.05, 0) is 30.5 Å². The highest BCUT2D eigenvalue weighted by Crippen LogP contribution is 2.25. The monoisotopic (exact) mass is 209 g/mol. The molecule has 1 rings (SSSR count). The van der Waals surface area contributed by atoms with Gasteiger partial charge >= 0.3 is 0 Å². The Morgan fingerprint density at radius 1 is 1.47 bits per heavy atom. The van der Waals surface area contributed by atoms with E-state index in [4.69, 9.17) is 10.5 Å². The maximum Gasteiger partial charge on any atom is 0.121 e. The Labute approximate surface area is 90.9 Å². The number of nitrogens with two attached hydrogens (primary N) is 1. The molecule has 0 saturated heterocycles. The topological polar surface area (TPSA) is 55.5 Å². The van der Waals surface area contributed by atoms with E-state index in [9.17, 15) is 5.11 Å². The van der Waals surface area contributed by atoms with E-state index >= 15 is 0 Å². The first kappa shape index (κ1) is 12.0. The summed E-state index contributed by atoms with van der Waals surface area (Å²) >= 11 is 0. The van der Waals surface area contributed by atoms with Gasteiger partial charge in [0.05, 0.1) is 6.61 Å². The van der Waals surface area contributed by atoms with E-state index in [2.05, 4.69) is 6.92 Å². The molecule has 0 radical (unpaired) electrons. The van der Waals surface area contributed by atoms with Crippen LogP contribution in [0, 0.1) is 0 Å². The van der Waals surface area contributed by atoms with Gasteiger partial charge in [-0.15, -0.1) is 0 Å². The Balaban J connectivity index is 2.81. The summed E-state index contributed by atoms with van der Waals surface area (Å²) in [5.41, 5.74) is 7.44. The molecule has 3 N–H and O–H groups in total. The van der Waals surface area contributed by atoms with Crippen molar-refractivity contribution in [3.05, 3.63) is 29.3 Å². The summed E-state index contributed by atoms with van der Waals surface area (Å²) in [4.78, 5) is 0. The van der Waals surface area contributed by atoms with E-state index in [-0.39, 0.29) is 0 Å². The van der Waals surface area contributed by atoms with Gasteiger partial charge in [0.25, 0.3) is 0 Å². The molecule has 3 nitrogen and oxygen atoms in total. The molecule has 3 heteroatoms. The third-order valence-electron chi connectivity index (χ3n) is 2.58. The molecular formula is C12H19NO2. The lowest BCUT2D eigenvalue weighted by Gasteiger charge is -2.12. The fourth-order valence-electron chi connectivity index (χ4n) is 1.58. The number of benzene rings is 1. The molecule has 0 aliphatic carbocycles. The molecule has 1 atom stereocenters. The number of aromatic hydroxyl groups is 1. The van der Waals surface area contributed by atoms with E-state index < -0.39 is 0 Å². The minimum absolute atomic E-state index is 0.304. The van der Waals surface area contributed by atoms with E-state index in [1.165, 1.54) is 0 Å². The minimum atomic E-state index is 0.304. The van der Waals surface area contributed by atoms with Gasteiger partial charge in [0.1, 0.15) is 5.75 Å². The van der Waals surface area contributed by atoms with Crippen LogP contribution in [0.25, 0.3) is 0 Å². The maximum atomic E-state index is 9.73. The smallest absolute Gasteiger partial charge is 0.121 e. The molecule has 1 unspecified atom stereocenters. The van der Waals surface area contributed by atoms with Crippen molar-refractivity contribution in [3.8, 4) is 5.75 Å². The second kappa shape index (κ2) is 5.73. The first-order chi connectivity index (χ1) is 7.19. The Morgan fingerprint density at radius 3 is 2.73 bits per heavy atom. The molecule has 0 heterocycles. The van der Waals surface area contributed by atoms with Gasteiger partial charge in [0.15, 0.2) is 0 Å². The molecule has 1 aromatic rings. The third kappa shape index (κ3) is 3.22. The SMILES string of the molecule is COCc1ccc(C(C)CCN)cc1O. The molecule has 15 heavy (non-hydrogen) atoms. The van der Waals surface area contributed by atoms with E-state index in [1.807, 2.05) is 12.1 Å². The summed E-state index contributed by atoms with van der Waals surface area (Å²) < 4.78 is 4.98. The van der Waals surface area contributed by atoms with E-state index in [1.54, 1.807) is 13.2 Å². The zero-order valence-electron chi connectivity index (χ0n) is 9.36.